The Morgan fingerprint density at radius 1 is 1.36 bits per heavy atom. The molecule has 0 unspecified atom stereocenters. The topological polar surface area (TPSA) is 78.0 Å². The number of ether oxygens (including phenoxy) is 1. The van der Waals surface area contributed by atoms with Crippen LogP contribution >= 0.6 is 0 Å². The van der Waals surface area contributed by atoms with Gasteiger partial charge in [0, 0.05) is 44.5 Å². The predicted molar refractivity (Wildman–Crippen MR) is 99.6 cm³/mol. The third kappa shape index (κ3) is 6.83. The van der Waals surface area contributed by atoms with Crippen LogP contribution in [0.4, 0.5) is 5.69 Å². The number of carbonyl (C=O) groups excluding carboxylic acids is 1. The number of nitrogens with one attached hydrogen (secondary N) is 3. The molecular weight excluding hydrogens is 318 g/mol. The van der Waals surface area contributed by atoms with Gasteiger partial charge in [0.2, 0.25) is 5.91 Å². The van der Waals surface area contributed by atoms with E-state index in [-0.39, 0.29) is 12.5 Å². The normalized spacial score (nSPS) is 15.3. The highest BCUT2D eigenvalue weighted by Crippen LogP contribution is 2.09. The predicted octanol–water partition coefficient (Wildman–Crippen LogP) is 0.104. The Morgan fingerprint density at radius 3 is 2.88 bits per heavy atom. The molecule has 0 radical (unpaired) electrons. The lowest BCUT2D eigenvalue weighted by atomic mass is 10.2. The first-order valence-corrected chi connectivity index (χ1v) is 8.32. The quantitative estimate of drug-likeness (QED) is 0.388. The van der Waals surface area contributed by atoms with E-state index in [1.165, 1.54) is 0 Å². The Morgan fingerprint density at radius 2 is 2.16 bits per heavy atom. The number of morpholine rings is 1. The molecule has 1 fully saturated rings. The number of guanidine groups is 1. The first kappa shape index (κ1) is 18.8. The average Bonchev–Trinajstić information content (AvgIpc) is 2.65. The van der Waals surface area contributed by atoms with Crippen molar-refractivity contribution >= 4 is 17.6 Å². The molecule has 1 aliphatic heterocycles. The zero-order valence-corrected chi connectivity index (χ0v) is 14.5. The van der Waals surface area contributed by atoms with Crippen LogP contribution in [0.5, 0.6) is 0 Å². The molecule has 2 rings (SSSR count). The molecule has 1 amide bonds. The summed E-state index contributed by atoms with van der Waals surface area (Å²) in [6.45, 7) is 5.26. The van der Waals surface area contributed by atoms with Crippen molar-refractivity contribution in [2.45, 2.75) is 0 Å². The molecule has 3 N–H and O–H groups in total. The second-order valence-electron chi connectivity index (χ2n) is 5.58. The zero-order chi connectivity index (χ0) is 17.9. The Kier molecular flexibility index (Phi) is 7.76. The summed E-state index contributed by atoms with van der Waals surface area (Å²) in [5.74, 6) is 2.98. The largest absolute Gasteiger partial charge is 0.379 e. The van der Waals surface area contributed by atoms with Crippen molar-refractivity contribution in [2.75, 3.05) is 58.3 Å². The summed E-state index contributed by atoms with van der Waals surface area (Å²) in [4.78, 5) is 18.5. The van der Waals surface area contributed by atoms with E-state index in [0.717, 1.165) is 45.0 Å². The molecular formula is C18H25N5O2. The van der Waals surface area contributed by atoms with Crippen LogP contribution in [0.15, 0.2) is 29.3 Å². The molecule has 0 saturated carbocycles. The van der Waals surface area contributed by atoms with Crippen molar-refractivity contribution in [1.29, 1.82) is 0 Å². The van der Waals surface area contributed by atoms with E-state index in [2.05, 4.69) is 31.8 Å². The highest BCUT2D eigenvalue weighted by atomic mass is 16.5. The summed E-state index contributed by atoms with van der Waals surface area (Å²) in [7, 11) is 1.68. The number of nitrogens with zero attached hydrogens (tertiary/aromatic N) is 2. The lowest BCUT2D eigenvalue weighted by Crippen LogP contribution is -2.45. The van der Waals surface area contributed by atoms with Crippen molar-refractivity contribution < 1.29 is 9.53 Å². The van der Waals surface area contributed by atoms with Gasteiger partial charge in [0.05, 0.1) is 19.8 Å². The molecule has 134 valence electrons. The van der Waals surface area contributed by atoms with Gasteiger partial charge in [-0.15, -0.1) is 6.42 Å². The van der Waals surface area contributed by atoms with Gasteiger partial charge in [-0.2, -0.15) is 0 Å². The maximum atomic E-state index is 12.0. The summed E-state index contributed by atoms with van der Waals surface area (Å²) >= 11 is 0. The molecule has 0 aliphatic carbocycles. The molecule has 0 spiro atoms. The van der Waals surface area contributed by atoms with E-state index in [9.17, 15) is 4.79 Å². The summed E-state index contributed by atoms with van der Waals surface area (Å²) in [5.41, 5.74) is 1.41. The summed E-state index contributed by atoms with van der Waals surface area (Å²) in [6.07, 6.45) is 5.36. The fraction of sp³-hybridized carbons (Fsp3) is 0.444. The summed E-state index contributed by atoms with van der Waals surface area (Å²) in [6, 6.07) is 7.18. The second kappa shape index (κ2) is 10.3. The number of anilines is 1. The van der Waals surface area contributed by atoms with E-state index >= 15 is 0 Å². The number of aliphatic imine (C=N–C) groups is 1. The van der Waals surface area contributed by atoms with Crippen molar-refractivity contribution in [3.63, 3.8) is 0 Å². The Labute approximate surface area is 148 Å². The van der Waals surface area contributed by atoms with Gasteiger partial charge in [-0.1, -0.05) is 12.0 Å². The first-order chi connectivity index (χ1) is 12.2. The van der Waals surface area contributed by atoms with Crippen LogP contribution in [0.3, 0.4) is 0 Å². The second-order valence-corrected chi connectivity index (χ2v) is 5.58. The molecule has 1 aromatic carbocycles. The van der Waals surface area contributed by atoms with Crippen molar-refractivity contribution in [2.24, 2.45) is 4.99 Å². The van der Waals surface area contributed by atoms with Crippen LogP contribution in [0, 0.1) is 12.3 Å². The SMILES string of the molecule is C#Cc1cccc(NC(=O)CNC(=NC)NCCN2CCOCC2)c1. The van der Waals surface area contributed by atoms with Gasteiger partial charge in [-0.05, 0) is 18.2 Å². The number of amides is 1. The molecule has 0 bridgehead atoms. The number of hydrogen-bond donors (Lipinski definition) is 3. The number of benzene rings is 1. The van der Waals surface area contributed by atoms with Crippen molar-refractivity contribution in [1.82, 2.24) is 15.5 Å². The highest BCUT2D eigenvalue weighted by Gasteiger charge is 2.10. The fourth-order valence-electron chi connectivity index (χ4n) is 2.43. The molecule has 0 atom stereocenters. The van der Waals surface area contributed by atoms with Crippen LogP contribution in [0.1, 0.15) is 5.56 Å². The standard InChI is InChI=1S/C18H25N5O2/c1-3-15-5-4-6-16(13-15)22-17(24)14-21-18(19-2)20-7-8-23-9-11-25-12-10-23/h1,4-6,13H,7-12,14H2,2H3,(H,22,24)(H2,19,20,21). The molecule has 25 heavy (non-hydrogen) atoms. The first-order valence-electron chi connectivity index (χ1n) is 8.32. The number of terminal acetylenes is 1. The van der Waals surface area contributed by atoms with E-state index in [1.807, 2.05) is 12.1 Å². The van der Waals surface area contributed by atoms with Crippen LogP contribution < -0.4 is 16.0 Å². The Hall–Kier alpha value is -2.56. The third-order valence-electron chi connectivity index (χ3n) is 3.78. The zero-order valence-electron chi connectivity index (χ0n) is 14.5. The van der Waals surface area contributed by atoms with Crippen LogP contribution in [-0.2, 0) is 9.53 Å². The van der Waals surface area contributed by atoms with Crippen LogP contribution in [0.2, 0.25) is 0 Å². The van der Waals surface area contributed by atoms with Gasteiger partial charge in [-0.3, -0.25) is 14.7 Å². The minimum atomic E-state index is -0.162. The van der Waals surface area contributed by atoms with E-state index in [4.69, 9.17) is 11.2 Å². The van der Waals surface area contributed by atoms with Gasteiger partial charge in [0.15, 0.2) is 5.96 Å². The van der Waals surface area contributed by atoms with Crippen molar-refractivity contribution in [3.05, 3.63) is 29.8 Å². The van der Waals surface area contributed by atoms with Gasteiger partial charge in [0.25, 0.3) is 0 Å². The molecule has 1 aliphatic rings. The Balaban J connectivity index is 1.68. The van der Waals surface area contributed by atoms with Gasteiger partial charge < -0.3 is 20.7 Å². The van der Waals surface area contributed by atoms with Crippen LogP contribution in [0.25, 0.3) is 0 Å². The van der Waals surface area contributed by atoms with Crippen molar-refractivity contribution in [3.8, 4) is 12.3 Å². The van der Waals surface area contributed by atoms with E-state index < -0.39 is 0 Å². The van der Waals surface area contributed by atoms with Gasteiger partial charge in [0.1, 0.15) is 0 Å². The molecule has 1 saturated heterocycles. The number of hydrogen-bond acceptors (Lipinski definition) is 4. The minimum Gasteiger partial charge on any atom is -0.379 e. The number of rotatable bonds is 6. The maximum Gasteiger partial charge on any atom is 0.243 e. The summed E-state index contributed by atoms with van der Waals surface area (Å²) in [5, 5.41) is 9.01. The van der Waals surface area contributed by atoms with Gasteiger partial charge in [-0.25, -0.2) is 0 Å². The molecule has 0 aromatic heterocycles. The third-order valence-corrected chi connectivity index (χ3v) is 3.78. The van der Waals surface area contributed by atoms with Crippen LogP contribution in [-0.4, -0.2) is 69.8 Å². The highest BCUT2D eigenvalue weighted by molar-refractivity contribution is 5.95. The minimum absolute atomic E-state index is 0.123. The monoisotopic (exact) mass is 343 g/mol. The summed E-state index contributed by atoms with van der Waals surface area (Å²) < 4.78 is 5.32. The average molecular weight is 343 g/mol. The molecule has 1 heterocycles. The Bertz CT molecular complexity index is 633. The molecule has 7 heteroatoms. The maximum absolute atomic E-state index is 12.0. The van der Waals surface area contributed by atoms with E-state index in [1.54, 1.807) is 19.2 Å². The van der Waals surface area contributed by atoms with Gasteiger partial charge >= 0.3 is 0 Å². The lowest BCUT2D eigenvalue weighted by molar-refractivity contribution is -0.115. The fourth-order valence-corrected chi connectivity index (χ4v) is 2.43. The molecule has 7 nitrogen and oxygen atoms in total. The van der Waals surface area contributed by atoms with E-state index in [0.29, 0.717) is 11.6 Å². The molecule has 1 aromatic rings. The number of carbonyl (C=O) groups is 1. The smallest absolute Gasteiger partial charge is 0.243 e. The lowest BCUT2D eigenvalue weighted by Gasteiger charge is -2.26.